The maximum absolute atomic E-state index is 13.7. The van der Waals surface area contributed by atoms with E-state index in [9.17, 15) is 18.4 Å². The van der Waals surface area contributed by atoms with E-state index in [-0.39, 0.29) is 22.4 Å². The molecule has 0 radical (unpaired) electrons. The molecule has 0 aliphatic heterocycles. The Hall–Kier alpha value is -3.29. The number of fused-ring (bicyclic) bond motifs is 1. The molecule has 0 saturated carbocycles. The Labute approximate surface area is 146 Å². The Morgan fingerprint density at radius 3 is 2.62 bits per heavy atom. The third-order valence-corrected chi connectivity index (χ3v) is 3.94. The quantitative estimate of drug-likeness (QED) is 0.748. The van der Waals surface area contributed by atoms with E-state index in [4.69, 9.17) is 5.11 Å². The Morgan fingerprint density at radius 1 is 1.23 bits per heavy atom. The first-order chi connectivity index (χ1) is 12.4. The predicted octanol–water partition coefficient (Wildman–Crippen LogP) is 3.38. The molecule has 134 valence electrons. The van der Waals surface area contributed by atoms with Gasteiger partial charge in [-0.15, -0.1) is 0 Å². The highest BCUT2D eigenvalue weighted by Gasteiger charge is 2.22. The van der Waals surface area contributed by atoms with Gasteiger partial charge in [-0.25, -0.2) is 18.6 Å². The number of nitrogens with zero attached hydrogens (tertiary/aromatic N) is 2. The van der Waals surface area contributed by atoms with Crippen molar-refractivity contribution in [2.45, 2.75) is 19.4 Å². The zero-order valence-electron chi connectivity index (χ0n) is 13.7. The Bertz CT molecular complexity index is 1050. The summed E-state index contributed by atoms with van der Waals surface area (Å²) in [5.41, 5.74) is -0.209. The van der Waals surface area contributed by atoms with Crippen LogP contribution in [0.15, 0.2) is 47.3 Å². The van der Waals surface area contributed by atoms with Crippen LogP contribution in [0.1, 0.15) is 25.2 Å². The maximum atomic E-state index is 13.7. The molecule has 3 rings (SSSR count). The fraction of sp³-hybridized carbons (Fsp3) is 0.167. The van der Waals surface area contributed by atoms with E-state index in [1.54, 1.807) is 6.92 Å². The van der Waals surface area contributed by atoms with E-state index >= 15 is 0 Å². The highest BCUT2D eigenvalue weighted by Crippen LogP contribution is 2.21. The molecule has 26 heavy (non-hydrogen) atoms. The lowest BCUT2D eigenvalue weighted by Crippen LogP contribution is -2.33. The SMILES string of the molecule is CCC(NC(=O)O)c1nc2ccc(F)cc2c(=O)n1-c1cccc(F)c1. The summed E-state index contributed by atoms with van der Waals surface area (Å²) < 4.78 is 28.4. The van der Waals surface area contributed by atoms with Crippen molar-refractivity contribution in [3.05, 3.63) is 70.3 Å². The lowest BCUT2D eigenvalue weighted by atomic mass is 10.1. The summed E-state index contributed by atoms with van der Waals surface area (Å²) in [5, 5.41) is 11.4. The van der Waals surface area contributed by atoms with Crippen LogP contribution in [0.5, 0.6) is 0 Å². The average Bonchev–Trinajstić information content (AvgIpc) is 2.60. The summed E-state index contributed by atoms with van der Waals surface area (Å²) in [6.07, 6.45) is -0.975. The van der Waals surface area contributed by atoms with Crippen molar-refractivity contribution < 1.29 is 18.7 Å². The van der Waals surface area contributed by atoms with Crippen molar-refractivity contribution in [2.75, 3.05) is 0 Å². The van der Waals surface area contributed by atoms with Gasteiger partial charge in [0.25, 0.3) is 5.56 Å². The molecule has 6 nitrogen and oxygen atoms in total. The number of benzene rings is 2. The standard InChI is InChI=1S/C18H15F2N3O3/c1-2-14(22-18(25)26)16-21-15-7-6-11(20)9-13(15)17(24)23(16)12-5-3-4-10(19)8-12/h3-9,14,22H,2H2,1H3,(H,25,26). The molecule has 0 saturated heterocycles. The molecule has 0 spiro atoms. The normalized spacial score (nSPS) is 12.1. The van der Waals surface area contributed by atoms with Crippen LogP contribution < -0.4 is 10.9 Å². The van der Waals surface area contributed by atoms with Gasteiger partial charge in [0.15, 0.2) is 0 Å². The van der Waals surface area contributed by atoms with Gasteiger partial charge in [-0.1, -0.05) is 13.0 Å². The molecular formula is C18H15F2N3O3. The molecule has 1 atom stereocenters. The third-order valence-electron chi connectivity index (χ3n) is 3.94. The first-order valence-electron chi connectivity index (χ1n) is 7.88. The van der Waals surface area contributed by atoms with E-state index in [1.165, 1.54) is 24.3 Å². The van der Waals surface area contributed by atoms with Crippen molar-refractivity contribution in [1.29, 1.82) is 0 Å². The van der Waals surface area contributed by atoms with Gasteiger partial charge in [0.2, 0.25) is 0 Å². The Kier molecular flexibility index (Phi) is 4.66. The summed E-state index contributed by atoms with van der Waals surface area (Å²) in [6.45, 7) is 1.72. The molecule has 0 aliphatic rings. The molecule has 0 aliphatic carbocycles. The number of hydrogen-bond donors (Lipinski definition) is 2. The second-order valence-electron chi connectivity index (χ2n) is 5.66. The molecule has 1 heterocycles. The smallest absolute Gasteiger partial charge is 0.405 e. The minimum absolute atomic E-state index is 0.0168. The summed E-state index contributed by atoms with van der Waals surface area (Å²) >= 11 is 0. The van der Waals surface area contributed by atoms with Crippen LogP contribution >= 0.6 is 0 Å². The van der Waals surface area contributed by atoms with Gasteiger partial charge in [-0.3, -0.25) is 9.36 Å². The highest BCUT2D eigenvalue weighted by atomic mass is 19.1. The highest BCUT2D eigenvalue weighted by molar-refractivity contribution is 5.78. The zero-order valence-corrected chi connectivity index (χ0v) is 13.7. The summed E-state index contributed by atoms with van der Waals surface area (Å²) in [7, 11) is 0. The number of carbonyl (C=O) groups is 1. The van der Waals surface area contributed by atoms with Crippen molar-refractivity contribution in [3.8, 4) is 5.69 Å². The summed E-state index contributed by atoms with van der Waals surface area (Å²) in [5.74, 6) is -1.07. The average molecular weight is 359 g/mol. The van der Waals surface area contributed by atoms with Crippen molar-refractivity contribution in [1.82, 2.24) is 14.9 Å². The third kappa shape index (κ3) is 3.26. The molecule has 1 unspecified atom stereocenters. The molecule has 0 fully saturated rings. The number of hydrogen-bond acceptors (Lipinski definition) is 3. The van der Waals surface area contributed by atoms with E-state index in [1.807, 2.05) is 0 Å². The van der Waals surface area contributed by atoms with Crippen molar-refractivity contribution in [3.63, 3.8) is 0 Å². The number of halogens is 2. The second kappa shape index (κ2) is 6.91. The minimum atomic E-state index is -1.28. The van der Waals surface area contributed by atoms with E-state index in [0.717, 1.165) is 22.8 Å². The van der Waals surface area contributed by atoms with Crippen LogP contribution in [-0.4, -0.2) is 20.8 Å². The van der Waals surface area contributed by atoms with Gasteiger partial charge in [-0.05, 0) is 42.8 Å². The first-order valence-corrected chi connectivity index (χ1v) is 7.88. The van der Waals surface area contributed by atoms with Crippen molar-refractivity contribution >= 4 is 17.0 Å². The Morgan fingerprint density at radius 2 is 1.96 bits per heavy atom. The molecular weight excluding hydrogens is 344 g/mol. The number of amides is 1. The first kappa shape index (κ1) is 17.5. The zero-order chi connectivity index (χ0) is 18.8. The van der Waals surface area contributed by atoms with Gasteiger partial charge in [0.1, 0.15) is 17.5 Å². The van der Waals surface area contributed by atoms with Crippen LogP contribution in [0.3, 0.4) is 0 Å². The number of nitrogens with one attached hydrogen (secondary N) is 1. The molecule has 8 heteroatoms. The second-order valence-corrected chi connectivity index (χ2v) is 5.66. The minimum Gasteiger partial charge on any atom is -0.465 e. The maximum Gasteiger partial charge on any atom is 0.405 e. The monoisotopic (exact) mass is 359 g/mol. The molecule has 2 N–H and O–H groups in total. The number of aromatic nitrogens is 2. The van der Waals surface area contributed by atoms with Gasteiger partial charge >= 0.3 is 6.09 Å². The van der Waals surface area contributed by atoms with Crippen LogP contribution in [0.25, 0.3) is 16.6 Å². The van der Waals surface area contributed by atoms with E-state index in [2.05, 4.69) is 10.3 Å². The van der Waals surface area contributed by atoms with Gasteiger partial charge < -0.3 is 10.4 Å². The van der Waals surface area contributed by atoms with E-state index in [0.29, 0.717) is 6.42 Å². The number of rotatable bonds is 4. The molecule has 3 aromatic rings. The molecule has 1 aromatic heterocycles. The number of carboxylic acid groups (broad SMARTS) is 1. The van der Waals surface area contributed by atoms with Gasteiger partial charge in [0.05, 0.1) is 22.6 Å². The van der Waals surface area contributed by atoms with Crippen molar-refractivity contribution in [2.24, 2.45) is 0 Å². The predicted molar refractivity (Wildman–Crippen MR) is 91.4 cm³/mol. The van der Waals surface area contributed by atoms with Crippen LogP contribution in [0.2, 0.25) is 0 Å². The lowest BCUT2D eigenvalue weighted by molar-refractivity contribution is 0.188. The van der Waals surface area contributed by atoms with Crippen LogP contribution in [-0.2, 0) is 0 Å². The molecule has 0 bridgehead atoms. The van der Waals surface area contributed by atoms with Gasteiger partial charge in [0, 0.05) is 0 Å². The lowest BCUT2D eigenvalue weighted by Gasteiger charge is -2.20. The molecule has 2 aromatic carbocycles. The van der Waals surface area contributed by atoms with Gasteiger partial charge in [-0.2, -0.15) is 0 Å². The largest absolute Gasteiger partial charge is 0.465 e. The summed E-state index contributed by atoms with van der Waals surface area (Å²) in [4.78, 5) is 28.4. The van der Waals surface area contributed by atoms with Crippen LogP contribution in [0.4, 0.5) is 13.6 Å². The molecule has 1 amide bonds. The van der Waals surface area contributed by atoms with E-state index < -0.39 is 29.3 Å². The summed E-state index contributed by atoms with van der Waals surface area (Å²) in [6, 6.07) is 8.01. The Balaban J connectivity index is 2.37. The fourth-order valence-corrected chi connectivity index (χ4v) is 2.77. The van der Waals surface area contributed by atoms with Crippen LogP contribution in [0, 0.1) is 11.6 Å². The fourth-order valence-electron chi connectivity index (χ4n) is 2.77. The topological polar surface area (TPSA) is 84.2 Å².